The van der Waals surface area contributed by atoms with Crippen LogP contribution in [0.3, 0.4) is 0 Å². The van der Waals surface area contributed by atoms with E-state index < -0.39 is 0 Å². The smallest absolute Gasteiger partial charge is 0.220 e. The minimum Gasteiger partial charge on any atom is -0.220 e. The Morgan fingerprint density at radius 2 is 1.48 bits per heavy atom. The Kier molecular flexibility index (Phi) is 4.79. The molecule has 0 aliphatic carbocycles. The third-order valence-electron chi connectivity index (χ3n) is 6.18. The van der Waals surface area contributed by atoms with Crippen LogP contribution in [0.2, 0.25) is 0 Å². The number of fused-ring (bicyclic) bond motifs is 2. The monoisotopic (exact) mass is 423 g/mol. The van der Waals surface area contributed by atoms with E-state index >= 15 is 0 Å². The molecule has 0 saturated carbocycles. The molecule has 0 saturated heterocycles. The molecule has 2 nitrogen and oxygen atoms in total. The average molecular weight is 424 g/mol. The Morgan fingerprint density at radius 3 is 2.26 bits per heavy atom. The maximum atomic E-state index is 2.36. The number of nitrogens with zero attached hydrogens (tertiary/aromatic N) is 2. The van der Waals surface area contributed by atoms with Gasteiger partial charge in [-0.3, -0.25) is 0 Å². The predicted octanol–water partition coefficient (Wildman–Crippen LogP) is 7.24. The third kappa shape index (κ3) is 3.21. The number of thiazole rings is 1. The number of benzene rings is 4. The van der Waals surface area contributed by atoms with Crippen LogP contribution < -0.4 is 9.47 Å². The molecule has 1 heterocycles. The molecule has 0 radical (unpaired) electrons. The van der Waals surface area contributed by atoms with Gasteiger partial charge in [-0.1, -0.05) is 60.2 Å². The summed E-state index contributed by atoms with van der Waals surface area (Å²) in [5.74, 6) is 0. The summed E-state index contributed by atoms with van der Waals surface area (Å²) in [7, 11) is 4.37. The van der Waals surface area contributed by atoms with Crippen molar-refractivity contribution in [3.8, 4) is 11.1 Å². The molecule has 0 aliphatic rings. The lowest BCUT2D eigenvalue weighted by Crippen LogP contribution is -2.33. The van der Waals surface area contributed by atoms with E-state index in [0.717, 1.165) is 0 Å². The lowest BCUT2D eigenvalue weighted by atomic mass is 9.93. The zero-order valence-electron chi connectivity index (χ0n) is 18.7. The first-order valence-corrected chi connectivity index (χ1v) is 11.5. The lowest BCUT2D eigenvalue weighted by molar-refractivity contribution is -0.627. The zero-order valence-corrected chi connectivity index (χ0v) is 19.5. The van der Waals surface area contributed by atoms with Crippen LogP contribution in [-0.4, -0.2) is 7.05 Å². The molecule has 1 aromatic heterocycles. The van der Waals surface area contributed by atoms with Gasteiger partial charge in [-0.25, -0.2) is 9.47 Å². The van der Waals surface area contributed by atoms with Crippen molar-refractivity contribution in [1.82, 2.24) is 0 Å². The third-order valence-corrected chi connectivity index (χ3v) is 7.46. The predicted molar refractivity (Wildman–Crippen MR) is 135 cm³/mol. The summed E-state index contributed by atoms with van der Waals surface area (Å²) in [6.45, 7) is 6.62. The fourth-order valence-corrected chi connectivity index (χ4v) is 6.07. The second-order valence-corrected chi connectivity index (χ2v) is 9.44. The van der Waals surface area contributed by atoms with Crippen molar-refractivity contribution in [3.05, 3.63) is 89.5 Å². The molecule has 154 valence electrons. The second kappa shape index (κ2) is 7.51. The van der Waals surface area contributed by atoms with E-state index in [4.69, 9.17) is 0 Å². The summed E-state index contributed by atoms with van der Waals surface area (Å²) < 4.78 is 3.66. The molecule has 0 unspecified atom stereocenters. The minimum absolute atomic E-state index is 1.22. The van der Waals surface area contributed by atoms with Gasteiger partial charge in [0.1, 0.15) is 5.69 Å². The number of hydrogen-bond acceptors (Lipinski definition) is 2. The highest BCUT2D eigenvalue weighted by atomic mass is 32.1. The van der Waals surface area contributed by atoms with E-state index in [0.29, 0.717) is 0 Å². The maximum Gasteiger partial charge on any atom is 0.341 e. The summed E-state index contributed by atoms with van der Waals surface area (Å²) in [4.78, 5) is 2.33. The van der Waals surface area contributed by atoms with E-state index in [1.165, 1.54) is 59.6 Å². The maximum absolute atomic E-state index is 2.36. The molecule has 0 atom stereocenters. The van der Waals surface area contributed by atoms with Gasteiger partial charge in [-0.15, -0.1) is 0 Å². The van der Waals surface area contributed by atoms with E-state index in [2.05, 4.69) is 117 Å². The zero-order chi connectivity index (χ0) is 21.7. The van der Waals surface area contributed by atoms with Gasteiger partial charge in [0, 0.05) is 10.9 Å². The van der Waals surface area contributed by atoms with Gasteiger partial charge < -0.3 is 0 Å². The van der Waals surface area contributed by atoms with E-state index in [1.54, 1.807) is 0 Å². The van der Waals surface area contributed by atoms with Crippen molar-refractivity contribution in [2.45, 2.75) is 20.8 Å². The molecular formula is C28H27N2S+. The van der Waals surface area contributed by atoms with Crippen molar-refractivity contribution in [1.29, 1.82) is 0 Å². The van der Waals surface area contributed by atoms with Crippen LogP contribution in [-0.2, 0) is 7.05 Å². The summed E-state index contributed by atoms with van der Waals surface area (Å²) in [5, 5.41) is 3.76. The van der Waals surface area contributed by atoms with Crippen LogP contribution >= 0.6 is 11.3 Å². The van der Waals surface area contributed by atoms with E-state index in [1.807, 2.05) is 11.3 Å². The van der Waals surface area contributed by atoms with Gasteiger partial charge in [0.2, 0.25) is 0 Å². The van der Waals surface area contributed by atoms with Gasteiger partial charge >= 0.3 is 5.13 Å². The number of rotatable bonds is 3. The van der Waals surface area contributed by atoms with E-state index in [-0.39, 0.29) is 0 Å². The largest absolute Gasteiger partial charge is 0.341 e. The molecule has 3 heteroatoms. The first-order valence-electron chi connectivity index (χ1n) is 10.7. The lowest BCUT2D eigenvalue weighted by Gasteiger charge is -2.14. The highest BCUT2D eigenvalue weighted by molar-refractivity contribution is 7.21. The standard InChI is InChI=1S/C28H27N2S/c1-18-16-19(2)26(20(3)17-18)23-13-9-15-25-27(23)30(5)28(31-25)29(4)24-14-8-11-21-10-6-7-12-22(21)24/h6-17H,1-5H3/q+1. The number of aromatic nitrogens is 1. The molecule has 5 rings (SSSR count). The molecular weight excluding hydrogens is 396 g/mol. The molecule has 31 heavy (non-hydrogen) atoms. The SMILES string of the molecule is Cc1cc(C)c(-c2cccc3sc(N(C)c4cccc5ccccc45)[n+](C)c23)c(C)c1. The Morgan fingerprint density at radius 1 is 0.806 bits per heavy atom. The first-order chi connectivity index (χ1) is 15.0. The first kappa shape index (κ1) is 19.8. The summed E-state index contributed by atoms with van der Waals surface area (Å²) >= 11 is 1.85. The molecule has 0 spiro atoms. The van der Waals surface area contributed by atoms with Crippen molar-refractivity contribution in [2.75, 3.05) is 11.9 Å². The molecule has 0 N–H and O–H groups in total. The average Bonchev–Trinajstić information content (AvgIpc) is 3.09. The number of para-hydroxylation sites is 1. The fraction of sp³-hybridized carbons (Fsp3) is 0.179. The summed E-state index contributed by atoms with van der Waals surface area (Å²) in [6, 6.07) is 26.4. The number of hydrogen-bond donors (Lipinski definition) is 0. The van der Waals surface area contributed by atoms with Crippen LogP contribution in [0.4, 0.5) is 10.8 Å². The molecule has 5 aromatic rings. The van der Waals surface area contributed by atoms with Gasteiger partial charge in [-0.2, -0.15) is 0 Å². The Bertz CT molecular complexity index is 1420. The Hall–Kier alpha value is -3.17. The van der Waals surface area contributed by atoms with Crippen molar-refractivity contribution >= 4 is 43.1 Å². The highest BCUT2D eigenvalue weighted by Gasteiger charge is 2.25. The van der Waals surface area contributed by atoms with Crippen LogP contribution in [0.15, 0.2) is 72.8 Å². The van der Waals surface area contributed by atoms with Crippen molar-refractivity contribution in [3.63, 3.8) is 0 Å². The Balaban J connectivity index is 1.73. The molecule has 0 aliphatic heterocycles. The topological polar surface area (TPSA) is 7.12 Å². The Labute approximate surface area is 188 Å². The molecule has 0 fully saturated rings. The van der Waals surface area contributed by atoms with Gasteiger partial charge in [0.15, 0.2) is 5.52 Å². The van der Waals surface area contributed by atoms with Crippen molar-refractivity contribution in [2.24, 2.45) is 7.05 Å². The minimum atomic E-state index is 1.22. The number of anilines is 2. The van der Waals surface area contributed by atoms with Crippen LogP contribution in [0, 0.1) is 20.8 Å². The van der Waals surface area contributed by atoms with E-state index in [9.17, 15) is 0 Å². The fourth-order valence-electron chi connectivity index (χ4n) is 4.92. The quantitative estimate of drug-likeness (QED) is 0.277. The molecule has 0 amide bonds. The van der Waals surface area contributed by atoms with Gasteiger partial charge in [-0.05, 0) is 72.4 Å². The van der Waals surface area contributed by atoms with Gasteiger partial charge in [0.05, 0.1) is 18.8 Å². The van der Waals surface area contributed by atoms with Crippen molar-refractivity contribution < 1.29 is 4.57 Å². The summed E-state index contributed by atoms with van der Waals surface area (Å²) in [6.07, 6.45) is 0. The highest BCUT2D eigenvalue weighted by Crippen LogP contribution is 2.39. The summed E-state index contributed by atoms with van der Waals surface area (Å²) in [5.41, 5.74) is 9.17. The normalized spacial score (nSPS) is 11.4. The second-order valence-electron chi connectivity index (χ2n) is 8.43. The molecule has 0 bridgehead atoms. The molecule has 4 aromatic carbocycles. The van der Waals surface area contributed by atoms with Crippen LogP contribution in [0.5, 0.6) is 0 Å². The number of aryl methyl sites for hydroxylation is 4. The van der Waals surface area contributed by atoms with Gasteiger partial charge in [0.25, 0.3) is 0 Å². The van der Waals surface area contributed by atoms with Crippen LogP contribution in [0.1, 0.15) is 16.7 Å². The van der Waals surface area contributed by atoms with Crippen LogP contribution in [0.25, 0.3) is 32.1 Å².